The number of hydrogen-bond acceptors (Lipinski definition) is 2. The van der Waals surface area contributed by atoms with Crippen LogP contribution in [0.2, 0.25) is 5.02 Å². The smallest absolute Gasteiger partial charge is 0.247 e. The summed E-state index contributed by atoms with van der Waals surface area (Å²) in [6, 6.07) is 12.2. The van der Waals surface area contributed by atoms with Crippen LogP contribution in [0.1, 0.15) is 30.3 Å². The second-order valence-corrected chi connectivity index (χ2v) is 6.74. The molecule has 1 atom stereocenters. The van der Waals surface area contributed by atoms with Crippen molar-refractivity contribution in [1.82, 2.24) is 14.9 Å². The number of likely N-dealkylation sites (tertiary alicyclic amines) is 1. The Labute approximate surface area is 155 Å². The number of H-pyrrole nitrogens is 1. The second kappa shape index (κ2) is 6.92. The molecule has 3 aromatic rings. The first kappa shape index (κ1) is 16.8. The van der Waals surface area contributed by atoms with Gasteiger partial charge in [-0.25, -0.2) is 9.37 Å². The Morgan fingerprint density at radius 3 is 2.96 bits per heavy atom. The largest absolute Gasteiger partial charge is 0.340 e. The van der Waals surface area contributed by atoms with Crippen LogP contribution in [0.25, 0.3) is 17.1 Å². The van der Waals surface area contributed by atoms with Gasteiger partial charge in [0, 0.05) is 12.6 Å². The van der Waals surface area contributed by atoms with Crippen molar-refractivity contribution in [3.05, 3.63) is 70.8 Å². The lowest BCUT2D eigenvalue weighted by Gasteiger charge is -2.21. The number of halogens is 2. The third-order valence-corrected chi connectivity index (χ3v) is 4.91. The maximum absolute atomic E-state index is 13.2. The summed E-state index contributed by atoms with van der Waals surface area (Å²) in [5.74, 6) is 0.253. The van der Waals surface area contributed by atoms with Gasteiger partial charge in [-0.3, -0.25) is 4.79 Å². The first-order valence-electron chi connectivity index (χ1n) is 8.50. The number of hydrogen-bond donors (Lipinski definition) is 1. The Bertz CT molecular complexity index is 965. The molecule has 1 aliphatic heterocycles. The van der Waals surface area contributed by atoms with Gasteiger partial charge in [0.15, 0.2) is 0 Å². The molecule has 2 aromatic carbocycles. The minimum Gasteiger partial charge on any atom is -0.340 e. The van der Waals surface area contributed by atoms with Crippen LogP contribution in [0.4, 0.5) is 4.39 Å². The van der Waals surface area contributed by atoms with Crippen molar-refractivity contribution in [3.8, 4) is 0 Å². The lowest BCUT2D eigenvalue weighted by molar-refractivity contribution is -0.126. The lowest BCUT2D eigenvalue weighted by Crippen LogP contribution is -2.29. The number of imidazole rings is 1. The Kier molecular flexibility index (Phi) is 4.47. The van der Waals surface area contributed by atoms with Crippen molar-refractivity contribution in [2.24, 2.45) is 0 Å². The summed E-state index contributed by atoms with van der Waals surface area (Å²) in [6.07, 6.45) is 4.97. The monoisotopic (exact) mass is 369 g/mol. The summed E-state index contributed by atoms with van der Waals surface area (Å²) in [7, 11) is 0. The van der Waals surface area contributed by atoms with Gasteiger partial charge in [0.05, 0.1) is 22.1 Å². The van der Waals surface area contributed by atoms with E-state index in [1.807, 2.05) is 29.2 Å². The molecule has 1 unspecified atom stereocenters. The number of carbonyl (C=O) groups is 1. The van der Waals surface area contributed by atoms with Crippen molar-refractivity contribution >= 4 is 34.6 Å². The number of para-hydroxylation sites is 2. The van der Waals surface area contributed by atoms with Crippen LogP contribution in [0.5, 0.6) is 0 Å². The molecule has 0 radical (unpaired) electrons. The number of rotatable bonds is 3. The zero-order chi connectivity index (χ0) is 18.1. The third-order valence-electron chi connectivity index (χ3n) is 4.62. The molecular weight excluding hydrogens is 353 g/mol. The molecule has 0 spiro atoms. The van der Waals surface area contributed by atoms with E-state index < -0.39 is 5.82 Å². The molecular formula is C20H17ClFN3O. The third kappa shape index (κ3) is 3.22. The van der Waals surface area contributed by atoms with Gasteiger partial charge in [0.25, 0.3) is 0 Å². The minimum absolute atomic E-state index is 0.0425. The van der Waals surface area contributed by atoms with E-state index in [0.29, 0.717) is 12.1 Å². The first-order chi connectivity index (χ1) is 12.6. The number of aromatic nitrogens is 2. The van der Waals surface area contributed by atoms with Crippen LogP contribution >= 0.6 is 11.6 Å². The standard InChI is InChI=1S/C20H17ClFN3O/c21-14-12-13(7-9-15(14)22)8-10-19(26)25-11-3-6-18(25)20-23-16-4-1-2-5-17(16)24-20/h1-2,4-5,7-10,12,18H,3,6,11H2,(H,23,24)/b10-8+. The molecule has 4 rings (SSSR count). The molecule has 4 nitrogen and oxygen atoms in total. The van der Waals surface area contributed by atoms with Gasteiger partial charge in [-0.1, -0.05) is 29.8 Å². The molecule has 0 bridgehead atoms. The Hall–Kier alpha value is -2.66. The molecule has 1 N–H and O–H groups in total. The first-order valence-corrected chi connectivity index (χ1v) is 8.88. The fourth-order valence-electron chi connectivity index (χ4n) is 3.32. The number of aromatic amines is 1. The van der Waals surface area contributed by atoms with Gasteiger partial charge >= 0.3 is 0 Å². The van der Waals surface area contributed by atoms with Crippen molar-refractivity contribution in [2.45, 2.75) is 18.9 Å². The highest BCUT2D eigenvalue weighted by Crippen LogP contribution is 2.31. The predicted molar refractivity (Wildman–Crippen MR) is 100 cm³/mol. The quantitative estimate of drug-likeness (QED) is 0.678. The van der Waals surface area contributed by atoms with Gasteiger partial charge in [-0.15, -0.1) is 0 Å². The summed E-state index contributed by atoms with van der Waals surface area (Å²) < 4.78 is 13.2. The summed E-state index contributed by atoms with van der Waals surface area (Å²) >= 11 is 5.78. The van der Waals surface area contributed by atoms with Crippen LogP contribution in [0.15, 0.2) is 48.5 Å². The van der Waals surface area contributed by atoms with E-state index in [1.54, 1.807) is 12.1 Å². The molecule has 1 aromatic heterocycles. The molecule has 2 heterocycles. The van der Waals surface area contributed by atoms with Crippen molar-refractivity contribution in [1.29, 1.82) is 0 Å². The molecule has 0 saturated carbocycles. The topological polar surface area (TPSA) is 49.0 Å². The Morgan fingerprint density at radius 1 is 1.31 bits per heavy atom. The van der Waals surface area contributed by atoms with Crippen molar-refractivity contribution in [3.63, 3.8) is 0 Å². The molecule has 1 amide bonds. The zero-order valence-electron chi connectivity index (χ0n) is 14.0. The summed E-state index contributed by atoms with van der Waals surface area (Å²) in [5.41, 5.74) is 2.56. The Morgan fingerprint density at radius 2 is 2.15 bits per heavy atom. The fraction of sp³-hybridized carbons (Fsp3) is 0.200. The van der Waals surface area contributed by atoms with E-state index in [0.717, 1.165) is 29.7 Å². The molecule has 1 aliphatic rings. The van der Waals surface area contributed by atoms with Crippen LogP contribution in [0.3, 0.4) is 0 Å². The highest BCUT2D eigenvalue weighted by atomic mass is 35.5. The molecule has 132 valence electrons. The molecule has 6 heteroatoms. The van der Waals surface area contributed by atoms with Crippen LogP contribution < -0.4 is 0 Å². The predicted octanol–water partition coefficient (Wildman–Crippen LogP) is 4.73. The number of nitrogens with zero attached hydrogens (tertiary/aromatic N) is 2. The molecule has 1 saturated heterocycles. The maximum atomic E-state index is 13.2. The van der Waals surface area contributed by atoms with Gasteiger partial charge in [-0.2, -0.15) is 0 Å². The zero-order valence-corrected chi connectivity index (χ0v) is 14.7. The number of carbonyl (C=O) groups excluding carboxylic acids is 1. The van der Waals surface area contributed by atoms with E-state index in [1.165, 1.54) is 18.2 Å². The number of amides is 1. The molecule has 1 fully saturated rings. The highest BCUT2D eigenvalue weighted by Gasteiger charge is 2.31. The highest BCUT2D eigenvalue weighted by molar-refractivity contribution is 6.30. The average molecular weight is 370 g/mol. The fourth-order valence-corrected chi connectivity index (χ4v) is 3.51. The van der Waals surface area contributed by atoms with E-state index >= 15 is 0 Å². The summed E-state index contributed by atoms with van der Waals surface area (Å²) in [6.45, 7) is 0.690. The van der Waals surface area contributed by atoms with Gasteiger partial charge in [0.1, 0.15) is 11.6 Å². The van der Waals surface area contributed by atoms with Gasteiger partial charge < -0.3 is 9.88 Å². The van der Waals surface area contributed by atoms with Crippen LogP contribution in [0, 0.1) is 5.82 Å². The summed E-state index contributed by atoms with van der Waals surface area (Å²) in [4.78, 5) is 22.4. The number of fused-ring (bicyclic) bond motifs is 1. The number of benzene rings is 2. The second-order valence-electron chi connectivity index (χ2n) is 6.34. The number of nitrogens with one attached hydrogen (secondary N) is 1. The molecule has 0 aliphatic carbocycles. The van der Waals surface area contributed by atoms with Crippen molar-refractivity contribution in [2.75, 3.05) is 6.54 Å². The van der Waals surface area contributed by atoms with Gasteiger partial charge in [-0.05, 0) is 48.7 Å². The van der Waals surface area contributed by atoms with E-state index in [4.69, 9.17) is 11.6 Å². The van der Waals surface area contributed by atoms with Crippen LogP contribution in [-0.2, 0) is 4.79 Å². The summed E-state index contributed by atoms with van der Waals surface area (Å²) in [5, 5.41) is 0.0425. The van der Waals surface area contributed by atoms with Crippen molar-refractivity contribution < 1.29 is 9.18 Å². The molecule has 26 heavy (non-hydrogen) atoms. The average Bonchev–Trinajstić information content (AvgIpc) is 3.28. The van der Waals surface area contributed by atoms with Crippen LogP contribution in [-0.4, -0.2) is 27.3 Å². The van der Waals surface area contributed by atoms with E-state index in [-0.39, 0.29) is 17.0 Å². The Balaban J connectivity index is 1.54. The van der Waals surface area contributed by atoms with E-state index in [9.17, 15) is 9.18 Å². The van der Waals surface area contributed by atoms with E-state index in [2.05, 4.69) is 9.97 Å². The van der Waals surface area contributed by atoms with Gasteiger partial charge in [0.2, 0.25) is 5.91 Å². The lowest BCUT2D eigenvalue weighted by atomic mass is 10.2. The maximum Gasteiger partial charge on any atom is 0.247 e. The normalized spacial score (nSPS) is 17.5. The minimum atomic E-state index is -0.473. The SMILES string of the molecule is O=C(/C=C/c1ccc(F)c(Cl)c1)N1CCCC1c1nc2ccccc2[nH]1.